The lowest BCUT2D eigenvalue weighted by Crippen LogP contribution is -2.57. The van der Waals surface area contributed by atoms with E-state index in [2.05, 4.69) is 34.8 Å². The maximum absolute atomic E-state index is 13.8. The Balaban J connectivity index is 1.80. The monoisotopic (exact) mass is 584 g/mol. The van der Waals surface area contributed by atoms with Gasteiger partial charge in [-0.05, 0) is 57.3 Å². The highest BCUT2D eigenvalue weighted by atomic mass is 127. The van der Waals surface area contributed by atoms with Crippen LogP contribution in [0.15, 0.2) is 0 Å². The maximum atomic E-state index is 13.8. The number of alkyl halides is 1. The lowest BCUT2D eigenvalue weighted by molar-refractivity contribution is -0.124. The van der Waals surface area contributed by atoms with Gasteiger partial charge < -0.3 is 14.8 Å². The number of nitrogens with one attached hydrogen (secondary N) is 1. The summed E-state index contributed by atoms with van der Waals surface area (Å²) in [4.78, 5) is 13.2. The highest BCUT2D eigenvalue weighted by molar-refractivity contribution is 14.1. The number of halogens is 1. The molecule has 0 heterocycles. The second-order valence-electron chi connectivity index (χ2n) is 9.92. The van der Waals surface area contributed by atoms with Gasteiger partial charge in [0.05, 0.1) is 30.0 Å². The molecule has 0 spiro atoms. The van der Waals surface area contributed by atoms with Gasteiger partial charge in [0.1, 0.15) is 0 Å². The molecule has 0 saturated heterocycles. The predicted molar refractivity (Wildman–Crippen MR) is 134 cm³/mol. The molecular formula is C23H41IN2O5S. The molecule has 3 rings (SSSR count). The van der Waals surface area contributed by atoms with E-state index < -0.39 is 15.3 Å². The Morgan fingerprint density at radius 1 is 1.00 bits per heavy atom. The lowest BCUT2D eigenvalue weighted by atomic mass is 9.86. The van der Waals surface area contributed by atoms with Crippen molar-refractivity contribution in [3.05, 3.63) is 0 Å². The number of methoxy groups -OCH3 is 2. The minimum absolute atomic E-state index is 0.0162. The molecular weight excluding hydrogens is 543 g/mol. The highest BCUT2D eigenvalue weighted by Crippen LogP contribution is 2.34. The standard InChI is InChI=1S/C23H41IN2O5S/c1-16-13-17(24)9-11-20(16)25-23(27)15-26(32(28,29)19-7-5-4-6-8-19)21-14-18(30-2)10-12-22(21)31-3/h16-22H,4-15H2,1-3H3,(H,25,27). The van der Waals surface area contributed by atoms with E-state index >= 15 is 0 Å². The Labute approximate surface area is 207 Å². The summed E-state index contributed by atoms with van der Waals surface area (Å²) in [5, 5.41) is 2.77. The first kappa shape index (κ1) is 26.6. The first-order valence-corrected chi connectivity index (χ1v) is 15.0. The Kier molecular flexibility index (Phi) is 10.1. The van der Waals surface area contributed by atoms with Crippen molar-refractivity contribution >= 4 is 38.5 Å². The molecule has 7 nitrogen and oxygen atoms in total. The number of carbonyl (C=O) groups is 1. The smallest absolute Gasteiger partial charge is 0.235 e. The van der Waals surface area contributed by atoms with E-state index in [4.69, 9.17) is 9.47 Å². The summed E-state index contributed by atoms with van der Waals surface area (Å²) < 4.78 is 41.1. The van der Waals surface area contributed by atoms with Crippen molar-refractivity contribution in [2.75, 3.05) is 20.8 Å². The fourth-order valence-corrected chi connectivity index (χ4v) is 9.13. The van der Waals surface area contributed by atoms with Crippen LogP contribution < -0.4 is 5.32 Å². The van der Waals surface area contributed by atoms with E-state index in [9.17, 15) is 13.2 Å². The normalized spacial score (nSPS) is 35.0. The van der Waals surface area contributed by atoms with Crippen LogP contribution in [-0.4, -0.2) is 72.9 Å². The molecule has 3 saturated carbocycles. The SMILES string of the molecule is COC1CCC(OC)C(N(CC(=O)NC2CCC(I)CC2C)S(=O)(=O)C2CCCCC2)C1. The molecule has 3 aliphatic carbocycles. The van der Waals surface area contributed by atoms with Crippen molar-refractivity contribution in [1.29, 1.82) is 0 Å². The third-order valence-corrected chi connectivity index (χ3v) is 11.3. The number of ether oxygens (including phenoxy) is 2. The zero-order valence-corrected chi connectivity index (χ0v) is 22.8. The summed E-state index contributed by atoms with van der Waals surface area (Å²) in [7, 11) is -0.309. The Hall–Kier alpha value is 0.0300. The number of nitrogens with zero attached hydrogens (tertiary/aromatic N) is 1. The van der Waals surface area contributed by atoms with Gasteiger partial charge in [-0.25, -0.2) is 8.42 Å². The molecule has 0 aromatic rings. The highest BCUT2D eigenvalue weighted by Gasteiger charge is 2.44. The van der Waals surface area contributed by atoms with Crippen LogP contribution in [0.25, 0.3) is 0 Å². The van der Waals surface area contributed by atoms with Crippen LogP contribution in [0.3, 0.4) is 0 Å². The molecule has 9 heteroatoms. The molecule has 1 amide bonds. The van der Waals surface area contributed by atoms with Crippen molar-refractivity contribution in [3.63, 3.8) is 0 Å². The van der Waals surface area contributed by atoms with E-state index in [0.717, 1.165) is 51.4 Å². The largest absolute Gasteiger partial charge is 0.381 e. The molecule has 32 heavy (non-hydrogen) atoms. The van der Waals surface area contributed by atoms with Gasteiger partial charge in [0.2, 0.25) is 15.9 Å². The van der Waals surface area contributed by atoms with Crippen molar-refractivity contribution in [2.45, 2.75) is 111 Å². The number of hydrogen-bond acceptors (Lipinski definition) is 5. The van der Waals surface area contributed by atoms with Crippen LogP contribution in [0.5, 0.6) is 0 Å². The number of carbonyl (C=O) groups excluding carboxylic acids is 1. The summed E-state index contributed by atoms with van der Waals surface area (Å²) in [5.41, 5.74) is 0. The van der Waals surface area contributed by atoms with Crippen molar-refractivity contribution in [3.8, 4) is 0 Å². The maximum Gasteiger partial charge on any atom is 0.235 e. The van der Waals surface area contributed by atoms with Gasteiger partial charge in [0.25, 0.3) is 0 Å². The first-order valence-electron chi connectivity index (χ1n) is 12.3. The minimum atomic E-state index is -3.62. The molecule has 0 radical (unpaired) electrons. The van der Waals surface area contributed by atoms with E-state index in [1.165, 1.54) is 4.31 Å². The van der Waals surface area contributed by atoms with Crippen LogP contribution in [0.1, 0.15) is 77.6 Å². The number of hydrogen-bond donors (Lipinski definition) is 1. The average molecular weight is 585 g/mol. The van der Waals surface area contributed by atoms with Crippen molar-refractivity contribution in [1.82, 2.24) is 9.62 Å². The average Bonchev–Trinajstić information content (AvgIpc) is 2.79. The molecule has 0 aromatic heterocycles. The Morgan fingerprint density at radius 2 is 1.72 bits per heavy atom. The topological polar surface area (TPSA) is 84.9 Å². The fraction of sp³-hybridized carbons (Fsp3) is 0.957. The molecule has 3 fully saturated rings. The zero-order valence-electron chi connectivity index (χ0n) is 19.8. The van der Waals surface area contributed by atoms with Crippen LogP contribution in [-0.2, 0) is 24.3 Å². The van der Waals surface area contributed by atoms with Gasteiger partial charge in [0.15, 0.2) is 0 Å². The van der Waals surface area contributed by atoms with Crippen LogP contribution >= 0.6 is 22.6 Å². The molecule has 3 aliphatic rings. The van der Waals surface area contributed by atoms with Gasteiger partial charge in [-0.1, -0.05) is 48.8 Å². The Bertz CT molecular complexity index is 715. The second-order valence-corrected chi connectivity index (χ2v) is 13.9. The third-order valence-electron chi connectivity index (χ3n) is 7.76. The fourth-order valence-electron chi connectivity index (χ4n) is 5.76. The summed E-state index contributed by atoms with van der Waals surface area (Å²) in [6, 6.07) is -0.261. The molecule has 0 aliphatic heterocycles. The minimum Gasteiger partial charge on any atom is -0.381 e. The third kappa shape index (κ3) is 6.58. The van der Waals surface area contributed by atoms with Gasteiger partial charge in [-0.15, -0.1) is 0 Å². The lowest BCUT2D eigenvalue weighted by Gasteiger charge is -2.42. The summed E-state index contributed by atoms with van der Waals surface area (Å²) in [6.07, 6.45) is 9.31. The number of rotatable bonds is 8. The molecule has 0 aromatic carbocycles. The van der Waals surface area contributed by atoms with Crippen LogP contribution in [0.4, 0.5) is 0 Å². The van der Waals surface area contributed by atoms with Crippen LogP contribution in [0, 0.1) is 5.92 Å². The van der Waals surface area contributed by atoms with Gasteiger partial charge in [-0.3, -0.25) is 4.79 Å². The molecule has 1 N–H and O–H groups in total. The molecule has 6 unspecified atom stereocenters. The predicted octanol–water partition coefficient (Wildman–Crippen LogP) is 3.64. The van der Waals surface area contributed by atoms with Gasteiger partial charge in [0, 0.05) is 24.2 Å². The van der Waals surface area contributed by atoms with Crippen LogP contribution in [0.2, 0.25) is 0 Å². The quantitative estimate of drug-likeness (QED) is 0.348. The van der Waals surface area contributed by atoms with Crippen molar-refractivity contribution < 1.29 is 22.7 Å². The molecule has 186 valence electrons. The Morgan fingerprint density at radius 3 is 2.34 bits per heavy atom. The van der Waals surface area contributed by atoms with Crippen molar-refractivity contribution in [2.24, 2.45) is 5.92 Å². The summed E-state index contributed by atoms with van der Waals surface area (Å²) in [5.74, 6) is 0.208. The van der Waals surface area contributed by atoms with Gasteiger partial charge in [-0.2, -0.15) is 4.31 Å². The molecule has 0 bridgehead atoms. The van der Waals surface area contributed by atoms with E-state index in [-0.39, 0.29) is 36.7 Å². The van der Waals surface area contributed by atoms with Gasteiger partial charge >= 0.3 is 0 Å². The zero-order chi connectivity index (χ0) is 23.3. The number of sulfonamides is 1. The summed E-state index contributed by atoms with van der Waals surface area (Å²) in [6.45, 7) is 2.05. The van der Waals surface area contributed by atoms with E-state index in [0.29, 0.717) is 29.1 Å². The first-order chi connectivity index (χ1) is 15.3. The molecule has 6 atom stereocenters. The second kappa shape index (κ2) is 12.1. The van der Waals surface area contributed by atoms with E-state index in [1.807, 2.05) is 0 Å². The number of amides is 1. The summed E-state index contributed by atoms with van der Waals surface area (Å²) >= 11 is 2.49. The van der Waals surface area contributed by atoms with E-state index in [1.54, 1.807) is 14.2 Å².